The number of primary amides is 1. The number of carbonyl (C=O) groups excluding carboxylic acids is 1. The Morgan fingerprint density at radius 2 is 2.00 bits per heavy atom. The predicted molar refractivity (Wildman–Crippen MR) is 101 cm³/mol. The average Bonchev–Trinajstić information content (AvgIpc) is 2.71. The van der Waals surface area contributed by atoms with Crippen molar-refractivity contribution in [1.29, 1.82) is 0 Å². The van der Waals surface area contributed by atoms with Gasteiger partial charge in [0, 0.05) is 17.1 Å². The van der Waals surface area contributed by atoms with E-state index in [9.17, 15) is 9.18 Å². The van der Waals surface area contributed by atoms with Crippen molar-refractivity contribution in [1.82, 2.24) is 20.2 Å². The number of carbonyl (C=O) groups is 1. The van der Waals surface area contributed by atoms with Crippen LogP contribution in [0.2, 0.25) is 0 Å². The Labute approximate surface area is 159 Å². The molecule has 2 heterocycles. The first-order valence-corrected chi connectivity index (χ1v) is 8.40. The van der Waals surface area contributed by atoms with Crippen molar-refractivity contribution in [2.24, 2.45) is 5.73 Å². The van der Waals surface area contributed by atoms with Crippen molar-refractivity contribution in [2.75, 3.05) is 26.6 Å². The minimum Gasteiger partial charge on any atom is -0.480 e. The van der Waals surface area contributed by atoms with Gasteiger partial charge in [0.15, 0.2) is 5.69 Å². The molecule has 2 aromatic heterocycles. The van der Waals surface area contributed by atoms with E-state index in [2.05, 4.69) is 20.2 Å². The second-order valence-electron chi connectivity index (χ2n) is 5.89. The number of aryl methyl sites for hydroxylation is 1. The summed E-state index contributed by atoms with van der Waals surface area (Å²) in [7, 11) is 2.90. The van der Waals surface area contributed by atoms with Crippen molar-refractivity contribution < 1.29 is 18.7 Å². The van der Waals surface area contributed by atoms with E-state index in [4.69, 9.17) is 20.9 Å². The van der Waals surface area contributed by atoms with Crippen LogP contribution in [0.1, 0.15) is 22.5 Å². The smallest absolute Gasteiger partial charge is 0.319 e. The summed E-state index contributed by atoms with van der Waals surface area (Å²) in [4.78, 5) is 19.9. The van der Waals surface area contributed by atoms with Crippen LogP contribution in [0, 0.1) is 0 Å². The van der Waals surface area contributed by atoms with E-state index in [0.29, 0.717) is 34.9 Å². The van der Waals surface area contributed by atoms with Gasteiger partial charge in [-0.15, -0.1) is 10.2 Å². The molecule has 0 radical (unpaired) electrons. The highest BCUT2D eigenvalue weighted by Crippen LogP contribution is 2.38. The number of amides is 1. The Hall–Kier alpha value is -3.56. The summed E-state index contributed by atoms with van der Waals surface area (Å²) in [5.74, 6) is -0.527. The first-order valence-electron chi connectivity index (χ1n) is 8.40. The topological polar surface area (TPSA) is 139 Å². The van der Waals surface area contributed by atoms with Crippen LogP contribution in [-0.2, 0) is 6.42 Å². The fourth-order valence-electron chi connectivity index (χ4n) is 2.96. The molecule has 146 valence electrons. The summed E-state index contributed by atoms with van der Waals surface area (Å²) in [5, 5.41) is 8.52. The lowest BCUT2D eigenvalue weighted by atomic mass is 9.94. The Morgan fingerprint density at radius 1 is 1.21 bits per heavy atom. The van der Waals surface area contributed by atoms with E-state index >= 15 is 0 Å². The summed E-state index contributed by atoms with van der Waals surface area (Å²) in [6.07, 6.45) is 2.29. The number of hydrogen-bond acceptors (Lipinski definition) is 8. The molecule has 0 atom stereocenters. The highest BCUT2D eigenvalue weighted by atomic mass is 19.1. The van der Waals surface area contributed by atoms with E-state index in [1.165, 1.54) is 20.4 Å². The zero-order valence-electron chi connectivity index (χ0n) is 15.4. The fourth-order valence-corrected chi connectivity index (χ4v) is 2.96. The van der Waals surface area contributed by atoms with Crippen LogP contribution in [0.15, 0.2) is 18.3 Å². The summed E-state index contributed by atoms with van der Waals surface area (Å²) in [6.45, 7) is -0.470. The van der Waals surface area contributed by atoms with Gasteiger partial charge in [-0.25, -0.2) is 4.98 Å². The van der Waals surface area contributed by atoms with Crippen molar-refractivity contribution in [3.05, 3.63) is 29.6 Å². The van der Waals surface area contributed by atoms with Gasteiger partial charge in [-0.1, -0.05) is 12.1 Å². The summed E-state index contributed by atoms with van der Waals surface area (Å²) in [6, 6.07) is 3.63. The van der Waals surface area contributed by atoms with Gasteiger partial charge in [0.1, 0.15) is 5.52 Å². The van der Waals surface area contributed by atoms with Gasteiger partial charge in [-0.05, 0) is 18.4 Å². The predicted octanol–water partition coefficient (Wildman–Crippen LogP) is 1.69. The zero-order chi connectivity index (χ0) is 20.3. The van der Waals surface area contributed by atoms with Crippen molar-refractivity contribution in [2.45, 2.75) is 12.8 Å². The molecule has 28 heavy (non-hydrogen) atoms. The van der Waals surface area contributed by atoms with E-state index in [0.717, 1.165) is 5.56 Å². The first kappa shape index (κ1) is 19.2. The van der Waals surface area contributed by atoms with E-state index in [-0.39, 0.29) is 23.3 Å². The standard InChI is InChI=1S/C18H19FN6O3/c1-27-17-11(8-22-18(23-17)28-2)12-9(4-3-7-19)5-6-10-13(20)15(16(21)26)25-24-14(10)12/h5-6,8H,3-4,7H2,1-2H3,(H2,20,24)(H2,21,26). The van der Waals surface area contributed by atoms with Gasteiger partial charge in [0.25, 0.3) is 5.91 Å². The molecule has 0 saturated heterocycles. The van der Waals surface area contributed by atoms with Crippen LogP contribution in [0.25, 0.3) is 22.0 Å². The molecule has 0 aliphatic rings. The molecule has 0 spiro atoms. The van der Waals surface area contributed by atoms with Crippen molar-refractivity contribution >= 4 is 22.5 Å². The molecule has 1 amide bonds. The number of nitrogens with zero attached hydrogens (tertiary/aromatic N) is 4. The van der Waals surface area contributed by atoms with Gasteiger partial charge in [0.2, 0.25) is 5.88 Å². The summed E-state index contributed by atoms with van der Waals surface area (Å²) >= 11 is 0. The Morgan fingerprint density at radius 3 is 2.64 bits per heavy atom. The van der Waals surface area contributed by atoms with Crippen molar-refractivity contribution in [3.63, 3.8) is 0 Å². The fraction of sp³-hybridized carbons (Fsp3) is 0.278. The normalized spacial score (nSPS) is 10.8. The van der Waals surface area contributed by atoms with Crippen LogP contribution >= 0.6 is 0 Å². The number of alkyl halides is 1. The van der Waals surface area contributed by atoms with Gasteiger partial charge >= 0.3 is 6.01 Å². The molecule has 10 heteroatoms. The number of fused-ring (bicyclic) bond motifs is 1. The quantitative estimate of drug-likeness (QED) is 0.625. The summed E-state index contributed by atoms with van der Waals surface area (Å²) in [5.41, 5.74) is 13.7. The molecule has 0 fully saturated rings. The molecule has 4 N–H and O–H groups in total. The van der Waals surface area contributed by atoms with Gasteiger partial charge < -0.3 is 20.9 Å². The van der Waals surface area contributed by atoms with Crippen LogP contribution < -0.4 is 20.9 Å². The molecule has 9 nitrogen and oxygen atoms in total. The number of rotatable bonds is 7. The van der Waals surface area contributed by atoms with Crippen LogP contribution in [0.3, 0.4) is 0 Å². The molecular weight excluding hydrogens is 367 g/mol. The molecule has 1 aromatic carbocycles. The number of hydrogen-bond donors (Lipinski definition) is 2. The van der Waals surface area contributed by atoms with Gasteiger partial charge in [-0.3, -0.25) is 9.18 Å². The zero-order valence-corrected chi connectivity index (χ0v) is 15.4. The lowest BCUT2D eigenvalue weighted by Crippen LogP contribution is -2.17. The second-order valence-corrected chi connectivity index (χ2v) is 5.89. The maximum Gasteiger partial charge on any atom is 0.319 e. The van der Waals surface area contributed by atoms with Crippen LogP contribution in [-0.4, -0.2) is 47.0 Å². The molecular formula is C18H19FN6O3. The highest BCUT2D eigenvalue weighted by Gasteiger charge is 2.21. The van der Waals surface area contributed by atoms with E-state index < -0.39 is 12.6 Å². The van der Waals surface area contributed by atoms with E-state index in [1.807, 2.05) is 0 Å². The maximum absolute atomic E-state index is 12.8. The van der Waals surface area contributed by atoms with Crippen LogP contribution in [0.4, 0.5) is 10.1 Å². The lowest BCUT2D eigenvalue weighted by Gasteiger charge is -2.15. The third-order valence-corrected chi connectivity index (χ3v) is 4.25. The number of aromatic nitrogens is 4. The monoisotopic (exact) mass is 386 g/mol. The summed E-state index contributed by atoms with van der Waals surface area (Å²) < 4.78 is 23.2. The SMILES string of the molecule is COc1ncc(-c2c(CCCF)ccc3c(N)c(C(N)=O)nnc23)c(OC)n1. The molecule has 0 aliphatic carbocycles. The molecule has 3 aromatic rings. The minimum atomic E-state index is -0.777. The Balaban J connectivity index is 2.34. The number of ether oxygens (including phenoxy) is 2. The first-order chi connectivity index (χ1) is 13.5. The number of nitrogen functional groups attached to an aromatic ring is 1. The lowest BCUT2D eigenvalue weighted by molar-refractivity contribution is 0.0995. The van der Waals surface area contributed by atoms with E-state index in [1.54, 1.807) is 12.1 Å². The largest absolute Gasteiger partial charge is 0.480 e. The minimum absolute atomic E-state index is 0.115. The second kappa shape index (κ2) is 7.99. The number of anilines is 1. The number of benzene rings is 1. The molecule has 0 saturated carbocycles. The van der Waals surface area contributed by atoms with Gasteiger partial charge in [0.05, 0.1) is 32.1 Å². The molecule has 0 aliphatic heterocycles. The van der Waals surface area contributed by atoms with Gasteiger partial charge in [-0.2, -0.15) is 4.98 Å². The average molecular weight is 386 g/mol. The maximum atomic E-state index is 12.8. The highest BCUT2D eigenvalue weighted by molar-refractivity contribution is 6.07. The Bertz CT molecular complexity index is 1040. The number of methoxy groups -OCH3 is 2. The number of halogens is 1. The third kappa shape index (κ3) is 3.36. The molecule has 3 rings (SSSR count). The van der Waals surface area contributed by atoms with Crippen molar-refractivity contribution in [3.8, 4) is 23.0 Å². The third-order valence-electron chi connectivity index (χ3n) is 4.25. The van der Waals surface area contributed by atoms with Crippen LogP contribution in [0.5, 0.6) is 11.9 Å². The Kier molecular flexibility index (Phi) is 5.48. The molecule has 0 bridgehead atoms. The number of nitrogens with two attached hydrogens (primary N) is 2. The molecule has 0 unspecified atom stereocenters.